The Morgan fingerprint density at radius 2 is 1.76 bits per heavy atom. The second kappa shape index (κ2) is 11.2. The summed E-state index contributed by atoms with van der Waals surface area (Å²) in [7, 11) is -0.914. The van der Waals surface area contributed by atoms with Crippen LogP contribution in [0.2, 0.25) is 0 Å². The number of ketones is 1. The summed E-state index contributed by atoms with van der Waals surface area (Å²) in [6.07, 6.45) is 1.09. The molecule has 2 aromatic rings. The van der Waals surface area contributed by atoms with E-state index in [1.54, 1.807) is 11.8 Å². The first-order valence-corrected chi connectivity index (χ1v) is 13.1. The summed E-state index contributed by atoms with van der Waals surface area (Å²) in [6.45, 7) is 7.79. The second-order valence-electron chi connectivity index (χ2n) is 8.97. The monoisotopic (exact) mass is 495 g/mol. The summed E-state index contributed by atoms with van der Waals surface area (Å²) in [5, 5.41) is 0.559. The van der Waals surface area contributed by atoms with Gasteiger partial charge in [-0.05, 0) is 46.1 Å². The van der Waals surface area contributed by atoms with Gasteiger partial charge in [0.1, 0.15) is 22.1 Å². The molecule has 0 aliphatic carbocycles. The van der Waals surface area contributed by atoms with Gasteiger partial charge in [0.25, 0.3) is 0 Å². The topological polar surface area (TPSA) is 96.9 Å². The zero-order valence-electron chi connectivity index (χ0n) is 20.1. The van der Waals surface area contributed by atoms with Crippen LogP contribution in [0.15, 0.2) is 30.3 Å². The van der Waals surface area contributed by atoms with E-state index in [0.717, 1.165) is 17.1 Å². The Morgan fingerprint density at radius 3 is 2.33 bits per heavy atom. The number of nitrogens with zero attached hydrogens (tertiary/aromatic N) is 3. The van der Waals surface area contributed by atoms with Gasteiger partial charge >= 0.3 is 6.09 Å². The highest BCUT2D eigenvalue weighted by Gasteiger charge is 2.26. The first-order chi connectivity index (χ1) is 15.3. The van der Waals surface area contributed by atoms with E-state index in [4.69, 9.17) is 4.74 Å². The van der Waals surface area contributed by atoms with Crippen molar-refractivity contribution in [2.75, 3.05) is 26.4 Å². The first kappa shape index (κ1) is 26.9. The maximum atomic E-state index is 12.8. The summed E-state index contributed by atoms with van der Waals surface area (Å²) < 4.78 is 30.7. The molecule has 1 aromatic carbocycles. The standard InChI is InChI=1S/C23H33N3O5S2/c1-17-21(19(27)16-33(29,30)25(5)6)24-20(32-17)15-26(22(28)31-23(2,3)4)14-10-13-18-11-8-7-9-12-18/h7-9,11-12H,10,13-16H2,1-6H3. The predicted octanol–water partition coefficient (Wildman–Crippen LogP) is 3.90. The highest BCUT2D eigenvalue weighted by Crippen LogP contribution is 2.22. The molecule has 0 radical (unpaired) electrons. The van der Waals surface area contributed by atoms with Crippen LogP contribution in [0.3, 0.4) is 0 Å². The van der Waals surface area contributed by atoms with Gasteiger partial charge in [-0.25, -0.2) is 22.5 Å². The number of thiazole rings is 1. The van der Waals surface area contributed by atoms with Crippen LogP contribution in [0.5, 0.6) is 0 Å². The van der Waals surface area contributed by atoms with Crippen molar-refractivity contribution in [1.29, 1.82) is 0 Å². The fourth-order valence-electron chi connectivity index (χ4n) is 2.98. The molecule has 1 amide bonds. The van der Waals surface area contributed by atoms with E-state index in [1.165, 1.54) is 31.0 Å². The first-order valence-electron chi connectivity index (χ1n) is 10.7. The Morgan fingerprint density at radius 1 is 1.12 bits per heavy atom. The molecule has 0 saturated carbocycles. The van der Waals surface area contributed by atoms with Crippen molar-refractivity contribution < 1.29 is 22.7 Å². The summed E-state index contributed by atoms with van der Waals surface area (Å²) in [6, 6.07) is 10.0. The van der Waals surface area contributed by atoms with E-state index in [0.29, 0.717) is 16.4 Å². The minimum absolute atomic E-state index is 0.133. The third kappa shape index (κ3) is 8.53. The Labute approximate surface area is 200 Å². The molecule has 0 aliphatic rings. The molecule has 182 valence electrons. The molecule has 1 heterocycles. The molecule has 0 spiro atoms. The Kier molecular flexibility index (Phi) is 9.16. The van der Waals surface area contributed by atoms with E-state index in [1.807, 2.05) is 51.1 Å². The van der Waals surface area contributed by atoms with Crippen LogP contribution < -0.4 is 0 Å². The third-order valence-electron chi connectivity index (χ3n) is 4.69. The number of aryl methyl sites for hydroxylation is 2. The van der Waals surface area contributed by atoms with Gasteiger partial charge in [-0.15, -0.1) is 11.3 Å². The van der Waals surface area contributed by atoms with Crippen molar-refractivity contribution >= 4 is 33.2 Å². The van der Waals surface area contributed by atoms with Crippen molar-refractivity contribution in [2.24, 2.45) is 0 Å². The fraction of sp³-hybridized carbons (Fsp3) is 0.522. The number of hydrogen-bond donors (Lipinski definition) is 0. The minimum atomic E-state index is -3.68. The minimum Gasteiger partial charge on any atom is -0.444 e. The van der Waals surface area contributed by atoms with Crippen LogP contribution in [-0.4, -0.2) is 66.5 Å². The van der Waals surface area contributed by atoms with Gasteiger partial charge in [-0.2, -0.15) is 0 Å². The van der Waals surface area contributed by atoms with E-state index in [-0.39, 0.29) is 12.2 Å². The number of carbonyl (C=O) groups is 2. The van der Waals surface area contributed by atoms with Gasteiger partial charge < -0.3 is 9.64 Å². The van der Waals surface area contributed by atoms with Crippen molar-refractivity contribution in [3.05, 3.63) is 51.5 Å². The predicted molar refractivity (Wildman–Crippen MR) is 130 cm³/mol. The van der Waals surface area contributed by atoms with Crippen LogP contribution in [0.25, 0.3) is 0 Å². The smallest absolute Gasteiger partial charge is 0.410 e. The number of ether oxygens (including phenoxy) is 1. The van der Waals surface area contributed by atoms with Crippen molar-refractivity contribution in [3.8, 4) is 0 Å². The Hall–Kier alpha value is -2.30. The number of sulfonamides is 1. The number of carbonyl (C=O) groups excluding carboxylic acids is 2. The maximum absolute atomic E-state index is 12.8. The molecule has 0 aliphatic heterocycles. The number of aromatic nitrogens is 1. The quantitative estimate of drug-likeness (QED) is 0.464. The van der Waals surface area contributed by atoms with E-state index in [9.17, 15) is 18.0 Å². The van der Waals surface area contributed by atoms with Gasteiger partial charge in [0.15, 0.2) is 5.78 Å². The average Bonchev–Trinajstić information content (AvgIpc) is 3.06. The van der Waals surface area contributed by atoms with Crippen LogP contribution in [-0.2, 0) is 27.7 Å². The SMILES string of the molecule is Cc1sc(CN(CCCc2ccccc2)C(=O)OC(C)(C)C)nc1C(=O)CS(=O)(=O)N(C)C. The van der Waals surface area contributed by atoms with Crippen LogP contribution in [0.1, 0.15) is 53.1 Å². The summed E-state index contributed by atoms with van der Waals surface area (Å²) >= 11 is 1.28. The summed E-state index contributed by atoms with van der Waals surface area (Å²) in [4.78, 5) is 32.0. The molecule has 33 heavy (non-hydrogen) atoms. The highest BCUT2D eigenvalue weighted by atomic mass is 32.2. The molecule has 2 rings (SSSR count). The fourth-order valence-corrected chi connectivity index (χ4v) is 4.68. The van der Waals surface area contributed by atoms with Gasteiger partial charge in [0, 0.05) is 25.5 Å². The molecule has 0 fully saturated rings. The Bertz CT molecular complexity index is 1060. The van der Waals surface area contributed by atoms with Crippen molar-refractivity contribution in [3.63, 3.8) is 0 Å². The van der Waals surface area contributed by atoms with Gasteiger partial charge in [-0.1, -0.05) is 30.3 Å². The van der Waals surface area contributed by atoms with E-state index >= 15 is 0 Å². The lowest BCUT2D eigenvalue weighted by Gasteiger charge is -2.27. The zero-order chi connectivity index (χ0) is 24.8. The second-order valence-corrected chi connectivity index (χ2v) is 12.4. The Balaban J connectivity index is 2.15. The molecule has 0 unspecified atom stereocenters. The lowest BCUT2D eigenvalue weighted by molar-refractivity contribution is 0.0231. The molecule has 1 aromatic heterocycles. The third-order valence-corrected chi connectivity index (χ3v) is 7.38. The molecule has 0 bridgehead atoms. The summed E-state index contributed by atoms with van der Waals surface area (Å²) in [5.74, 6) is -1.20. The molecule has 0 saturated heterocycles. The van der Waals surface area contributed by atoms with E-state index in [2.05, 4.69) is 4.98 Å². The van der Waals surface area contributed by atoms with Crippen molar-refractivity contribution in [2.45, 2.75) is 52.7 Å². The molecule has 0 N–H and O–H groups in total. The van der Waals surface area contributed by atoms with Crippen molar-refractivity contribution in [1.82, 2.24) is 14.2 Å². The number of amides is 1. The van der Waals surface area contributed by atoms with E-state index < -0.39 is 33.3 Å². The highest BCUT2D eigenvalue weighted by molar-refractivity contribution is 7.89. The van der Waals surface area contributed by atoms with Gasteiger partial charge in [0.05, 0.1) is 6.54 Å². The summed E-state index contributed by atoms with van der Waals surface area (Å²) in [5.41, 5.74) is 0.672. The maximum Gasteiger partial charge on any atom is 0.410 e. The molecular formula is C23H33N3O5S2. The normalized spacial score (nSPS) is 12.1. The molecule has 0 atom stereocenters. The number of benzene rings is 1. The van der Waals surface area contributed by atoms with Crippen LogP contribution >= 0.6 is 11.3 Å². The number of hydrogen-bond acceptors (Lipinski definition) is 7. The molecule has 8 nitrogen and oxygen atoms in total. The molecule has 10 heteroatoms. The largest absolute Gasteiger partial charge is 0.444 e. The number of rotatable bonds is 10. The number of Topliss-reactive ketones (excluding diaryl/α,β-unsaturated/α-hetero) is 1. The lowest BCUT2D eigenvalue weighted by Crippen LogP contribution is -2.37. The lowest BCUT2D eigenvalue weighted by atomic mass is 10.1. The van der Waals surface area contributed by atoms with Crippen LogP contribution in [0, 0.1) is 6.92 Å². The van der Waals surface area contributed by atoms with Crippen LogP contribution in [0.4, 0.5) is 4.79 Å². The molecular weight excluding hydrogens is 462 g/mol. The van der Waals surface area contributed by atoms with Gasteiger partial charge in [0.2, 0.25) is 10.0 Å². The zero-order valence-corrected chi connectivity index (χ0v) is 21.8. The average molecular weight is 496 g/mol. The van der Waals surface area contributed by atoms with Gasteiger partial charge in [-0.3, -0.25) is 4.79 Å².